The highest BCUT2D eigenvalue weighted by Crippen LogP contribution is 2.42. The van der Waals surface area contributed by atoms with Gasteiger partial charge < -0.3 is 0 Å². The quantitative estimate of drug-likeness (QED) is 0.363. The van der Waals surface area contributed by atoms with Gasteiger partial charge in [0.2, 0.25) is 0 Å². The lowest BCUT2D eigenvalue weighted by molar-refractivity contribution is 0.915. The van der Waals surface area contributed by atoms with Gasteiger partial charge in [-0.05, 0) is 94.5 Å². The van der Waals surface area contributed by atoms with E-state index in [1.807, 2.05) is 0 Å². The Kier molecular flexibility index (Phi) is 3.46. The molecule has 3 aromatic rings. The summed E-state index contributed by atoms with van der Waals surface area (Å²) in [5.41, 5.74) is 11.7. The summed E-state index contributed by atoms with van der Waals surface area (Å²) in [6.07, 6.45) is 4.54. The molecule has 2 heteroatoms. The molecule has 0 atom stereocenters. The maximum absolute atomic E-state index is 3.61. The first-order chi connectivity index (χ1) is 11.7. The van der Waals surface area contributed by atoms with Gasteiger partial charge in [-0.1, -0.05) is 56.1 Å². The van der Waals surface area contributed by atoms with Gasteiger partial charge in [0.05, 0.1) is 0 Å². The average molecular weight is 440 g/mol. The Morgan fingerprint density at radius 3 is 1.25 bits per heavy atom. The minimum absolute atomic E-state index is 1.13. The number of benzene rings is 3. The fourth-order valence-corrected chi connectivity index (χ4v) is 5.02. The second-order valence-corrected chi connectivity index (χ2v) is 8.60. The molecule has 0 N–H and O–H groups in total. The molecule has 0 unspecified atom stereocenters. The van der Waals surface area contributed by atoms with Crippen LogP contribution in [0.2, 0.25) is 0 Å². The fraction of sp³-hybridized carbons (Fsp3) is 0.182. The SMILES string of the molecule is Brc1ccc2c(c1)CCc1cc3c(cc1-2)CCc1cc(Br)ccc1-3. The number of fused-ring (bicyclic) bond motifs is 6. The number of hydrogen-bond acceptors (Lipinski definition) is 0. The summed E-state index contributed by atoms with van der Waals surface area (Å²) < 4.78 is 2.37. The van der Waals surface area contributed by atoms with Gasteiger partial charge in [0.15, 0.2) is 0 Å². The van der Waals surface area contributed by atoms with E-state index in [-0.39, 0.29) is 0 Å². The van der Waals surface area contributed by atoms with E-state index in [0.29, 0.717) is 0 Å². The summed E-state index contributed by atoms with van der Waals surface area (Å²) in [6.45, 7) is 0. The molecule has 0 amide bonds. The number of rotatable bonds is 0. The van der Waals surface area contributed by atoms with Crippen molar-refractivity contribution in [1.82, 2.24) is 0 Å². The van der Waals surface area contributed by atoms with Crippen LogP contribution >= 0.6 is 31.9 Å². The zero-order chi connectivity index (χ0) is 16.3. The van der Waals surface area contributed by atoms with Gasteiger partial charge in [-0.2, -0.15) is 0 Å². The van der Waals surface area contributed by atoms with E-state index < -0.39 is 0 Å². The van der Waals surface area contributed by atoms with Crippen LogP contribution in [0.5, 0.6) is 0 Å². The molecule has 0 radical (unpaired) electrons. The van der Waals surface area contributed by atoms with Crippen molar-refractivity contribution in [3.8, 4) is 22.3 Å². The van der Waals surface area contributed by atoms with Crippen molar-refractivity contribution < 1.29 is 0 Å². The van der Waals surface area contributed by atoms with E-state index in [1.165, 1.54) is 53.5 Å². The van der Waals surface area contributed by atoms with Crippen LogP contribution in [0.1, 0.15) is 22.3 Å². The normalized spacial score (nSPS) is 14.4. The molecule has 0 saturated heterocycles. The molecule has 0 saturated carbocycles. The fourth-order valence-electron chi connectivity index (χ4n) is 4.21. The van der Waals surface area contributed by atoms with E-state index in [0.717, 1.165) is 25.7 Å². The van der Waals surface area contributed by atoms with Crippen LogP contribution in [0.3, 0.4) is 0 Å². The maximum Gasteiger partial charge on any atom is 0.0178 e. The zero-order valence-corrected chi connectivity index (χ0v) is 16.4. The average Bonchev–Trinajstić information content (AvgIpc) is 2.59. The van der Waals surface area contributed by atoms with Crippen LogP contribution < -0.4 is 0 Å². The highest BCUT2D eigenvalue weighted by atomic mass is 79.9. The first-order valence-electron chi connectivity index (χ1n) is 8.42. The van der Waals surface area contributed by atoms with E-state index in [1.54, 1.807) is 0 Å². The van der Waals surface area contributed by atoms with Gasteiger partial charge in [-0.25, -0.2) is 0 Å². The summed E-state index contributed by atoms with van der Waals surface area (Å²) in [7, 11) is 0. The van der Waals surface area contributed by atoms with Gasteiger partial charge in [-0.15, -0.1) is 0 Å². The van der Waals surface area contributed by atoms with E-state index in [2.05, 4.69) is 80.4 Å². The summed E-state index contributed by atoms with van der Waals surface area (Å²) in [6, 6.07) is 18.4. The van der Waals surface area contributed by atoms with Crippen molar-refractivity contribution in [2.45, 2.75) is 25.7 Å². The molecular weight excluding hydrogens is 424 g/mol. The zero-order valence-electron chi connectivity index (χ0n) is 13.2. The Bertz CT molecular complexity index is 904. The maximum atomic E-state index is 3.61. The lowest BCUT2D eigenvalue weighted by Crippen LogP contribution is -2.09. The highest BCUT2D eigenvalue weighted by molar-refractivity contribution is 9.10. The molecule has 0 aliphatic heterocycles. The van der Waals surface area contributed by atoms with Crippen molar-refractivity contribution in [3.05, 3.63) is 79.7 Å². The van der Waals surface area contributed by atoms with E-state index in [4.69, 9.17) is 0 Å². The Labute approximate surface area is 159 Å². The predicted octanol–water partition coefficient (Wildman–Crippen LogP) is 6.74. The van der Waals surface area contributed by atoms with Crippen LogP contribution in [0.4, 0.5) is 0 Å². The van der Waals surface area contributed by atoms with Crippen LogP contribution in [0.25, 0.3) is 22.3 Å². The third-order valence-corrected chi connectivity index (χ3v) is 6.36. The molecule has 0 spiro atoms. The predicted molar refractivity (Wildman–Crippen MR) is 108 cm³/mol. The van der Waals surface area contributed by atoms with E-state index in [9.17, 15) is 0 Å². The van der Waals surface area contributed by atoms with Crippen molar-refractivity contribution >= 4 is 31.9 Å². The van der Waals surface area contributed by atoms with E-state index >= 15 is 0 Å². The highest BCUT2D eigenvalue weighted by Gasteiger charge is 2.22. The molecular formula is C22H16Br2. The molecule has 2 aliphatic carbocycles. The van der Waals surface area contributed by atoms with Crippen molar-refractivity contribution in [2.75, 3.05) is 0 Å². The van der Waals surface area contributed by atoms with Crippen LogP contribution in [-0.2, 0) is 25.7 Å². The molecule has 0 nitrogen and oxygen atoms in total. The largest absolute Gasteiger partial charge is 0.0530 e. The molecule has 24 heavy (non-hydrogen) atoms. The minimum Gasteiger partial charge on any atom is -0.0530 e. The molecule has 3 aromatic carbocycles. The third kappa shape index (κ3) is 2.31. The third-order valence-electron chi connectivity index (χ3n) is 5.37. The molecule has 0 aromatic heterocycles. The smallest absolute Gasteiger partial charge is 0.0178 e. The van der Waals surface area contributed by atoms with Gasteiger partial charge >= 0.3 is 0 Å². The number of halogens is 2. The number of hydrogen-bond donors (Lipinski definition) is 0. The molecule has 0 heterocycles. The summed E-state index contributed by atoms with van der Waals surface area (Å²) in [5.74, 6) is 0. The lowest BCUT2D eigenvalue weighted by atomic mass is 9.78. The molecule has 5 rings (SSSR count). The Hall–Kier alpha value is -1.38. The summed E-state index contributed by atoms with van der Waals surface area (Å²) in [5, 5.41) is 0. The van der Waals surface area contributed by atoms with Crippen LogP contribution in [0.15, 0.2) is 57.5 Å². The first kappa shape index (κ1) is 14.9. The Balaban J connectivity index is 1.71. The lowest BCUT2D eigenvalue weighted by Gasteiger charge is -2.26. The summed E-state index contributed by atoms with van der Waals surface area (Å²) >= 11 is 7.22. The van der Waals surface area contributed by atoms with Gasteiger partial charge in [0.25, 0.3) is 0 Å². The van der Waals surface area contributed by atoms with Crippen LogP contribution in [0, 0.1) is 0 Å². The van der Waals surface area contributed by atoms with Gasteiger partial charge in [0, 0.05) is 8.95 Å². The second-order valence-electron chi connectivity index (χ2n) is 6.77. The molecule has 2 aliphatic rings. The van der Waals surface area contributed by atoms with Gasteiger partial charge in [-0.3, -0.25) is 0 Å². The van der Waals surface area contributed by atoms with Gasteiger partial charge in [0.1, 0.15) is 0 Å². The first-order valence-corrected chi connectivity index (χ1v) is 10.0. The van der Waals surface area contributed by atoms with Crippen molar-refractivity contribution in [1.29, 1.82) is 0 Å². The Morgan fingerprint density at radius 1 is 0.458 bits per heavy atom. The Morgan fingerprint density at radius 2 is 0.833 bits per heavy atom. The van der Waals surface area contributed by atoms with Crippen molar-refractivity contribution in [2.24, 2.45) is 0 Å². The topological polar surface area (TPSA) is 0 Å². The van der Waals surface area contributed by atoms with Crippen molar-refractivity contribution in [3.63, 3.8) is 0 Å². The van der Waals surface area contributed by atoms with Crippen LogP contribution in [-0.4, -0.2) is 0 Å². The molecule has 0 fully saturated rings. The second kappa shape index (κ2) is 5.57. The monoisotopic (exact) mass is 438 g/mol. The molecule has 0 bridgehead atoms. The minimum atomic E-state index is 1.13. The number of aryl methyl sites for hydroxylation is 4. The summed E-state index contributed by atoms with van der Waals surface area (Å²) in [4.78, 5) is 0. The standard InChI is InChI=1S/C22H16Br2/c23-17-5-7-19-13(9-17)1-3-15-11-22-16(12-21(15)19)4-2-14-10-18(24)6-8-20(14)22/h5-12H,1-4H2. The molecule has 118 valence electrons.